The Bertz CT molecular complexity index is 1350. The molecule has 8 nitrogen and oxygen atoms in total. The highest BCUT2D eigenvalue weighted by atomic mass is 35.5. The molecule has 0 atom stereocenters. The van der Waals surface area contributed by atoms with Gasteiger partial charge in [0, 0.05) is 15.6 Å². The van der Waals surface area contributed by atoms with Crippen LogP contribution < -0.4 is 0 Å². The largest absolute Gasteiger partial charge is 0.475 e. The Balaban J connectivity index is 1.59. The zero-order valence-electron chi connectivity index (χ0n) is 18.0. The minimum Gasteiger partial charge on any atom is -0.475 e. The molecule has 4 rings (SSSR count). The van der Waals surface area contributed by atoms with Crippen LogP contribution in [0.25, 0.3) is 0 Å². The van der Waals surface area contributed by atoms with E-state index in [1.54, 1.807) is 24.3 Å². The highest BCUT2D eigenvalue weighted by molar-refractivity contribution is 7.87. The van der Waals surface area contributed by atoms with E-state index in [9.17, 15) is 16.8 Å². The first-order chi connectivity index (χ1) is 16.6. The lowest BCUT2D eigenvalue weighted by Crippen LogP contribution is -2.41. The second-order valence-electron chi connectivity index (χ2n) is 7.64. The standard InChI is InChI=1S/C23H19Cl2NO7S2/c24-18-6-10-20(11-7-18)34(27,28)32-15-23(14-31-22(26-23)17-4-2-1-3-5-17)16-33-35(29,30)21-12-8-19(25)9-13-21/h1-13H,14-16H2. The molecule has 184 valence electrons. The average Bonchev–Trinajstić information content (AvgIpc) is 3.28. The molecule has 0 aromatic heterocycles. The van der Waals surface area contributed by atoms with Crippen molar-refractivity contribution < 1.29 is 29.9 Å². The summed E-state index contributed by atoms with van der Waals surface area (Å²) in [5, 5.41) is 0.727. The van der Waals surface area contributed by atoms with Crippen LogP contribution in [0.3, 0.4) is 0 Å². The number of rotatable bonds is 9. The molecular weight excluding hydrogens is 537 g/mol. The van der Waals surface area contributed by atoms with Crippen LogP contribution in [0.2, 0.25) is 10.0 Å². The first kappa shape index (κ1) is 25.6. The maximum absolute atomic E-state index is 12.7. The minimum absolute atomic E-state index is 0.113. The number of hydrogen-bond acceptors (Lipinski definition) is 8. The molecule has 0 bridgehead atoms. The van der Waals surface area contributed by atoms with Gasteiger partial charge in [0.2, 0.25) is 5.90 Å². The van der Waals surface area contributed by atoms with Crippen LogP contribution in [0, 0.1) is 0 Å². The Hall–Kier alpha value is -2.47. The number of aliphatic imine (C=N–C) groups is 1. The van der Waals surface area contributed by atoms with E-state index in [0.29, 0.717) is 15.6 Å². The molecule has 1 heterocycles. The van der Waals surface area contributed by atoms with Crippen molar-refractivity contribution >= 4 is 49.3 Å². The fourth-order valence-electron chi connectivity index (χ4n) is 3.11. The molecule has 0 saturated heterocycles. The van der Waals surface area contributed by atoms with Crippen molar-refractivity contribution in [3.63, 3.8) is 0 Å². The van der Waals surface area contributed by atoms with E-state index in [-0.39, 0.29) is 22.3 Å². The molecule has 0 aliphatic carbocycles. The van der Waals surface area contributed by atoms with Crippen LogP contribution in [-0.2, 0) is 33.3 Å². The smallest absolute Gasteiger partial charge is 0.297 e. The molecule has 0 radical (unpaired) electrons. The second-order valence-corrected chi connectivity index (χ2v) is 11.7. The molecule has 3 aromatic rings. The molecule has 3 aromatic carbocycles. The van der Waals surface area contributed by atoms with E-state index in [0.717, 1.165) is 0 Å². The van der Waals surface area contributed by atoms with Crippen molar-refractivity contribution in [2.75, 3.05) is 19.8 Å². The molecule has 0 N–H and O–H groups in total. The maximum atomic E-state index is 12.7. The lowest BCUT2D eigenvalue weighted by atomic mass is 10.1. The lowest BCUT2D eigenvalue weighted by Gasteiger charge is -2.23. The van der Waals surface area contributed by atoms with Crippen LogP contribution in [-0.4, -0.2) is 48.1 Å². The summed E-state index contributed by atoms with van der Waals surface area (Å²) >= 11 is 11.7. The van der Waals surface area contributed by atoms with Gasteiger partial charge in [0.05, 0.1) is 23.0 Å². The first-order valence-corrected chi connectivity index (χ1v) is 13.7. The van der Waals surface area contributed by atoms with Gasteiger partial charge in [-0.1, -0.05) is 41.4 Å². The van der Waals surface area contributed by atoms with Crippen LogP contribution in [0.1, 0.15) is 5.56 Å². The summed E-state index contributed by atoms with van der Waals surface area (Å²) in [6, 6.07) is 19.8. The Kier molecular flexibility index (Phi) is 7.51. The van der Waals surface area contributed by atoms with E-state index in [2.05, 4.69) is 4.99 Å². The molecule has 35 heavy (non-hydrogen) atoms. The molecule has 0 spiro atoms. The molecule has 0 saturated carbocycles. The molecule has 1 aliphatic heterocycles. The van der Waals surface area contributed by atoms with E-state index in [1.807, 2.05) is 6.07 Å². The summed E-state index contributed by atoms with van der Waals surface area (Å²) in [7, 11) is -8.40. The van der Waals surface area contributed by atoms with E-state index < -0.39 is 39.0 Å². The van der Waals surface area contributed by atoms with Gasteiger partial charge in [-0.15, -0.1) is 0 Å². The van der Waals surface area contributed by atoms with Crippen molar-refractivity contribution in [1.82, 2.24) is 0 Å². The van der Waals surface area contributed by atoms with E-state index in [4.69, 9.17) is 36.3 Å². The Morgan fingerprint density at radius 3 is 1.66 bits per heavy atom. The number of hydrogen-bond donors (Lipinski definition) is 0. The number of ether oxygens (including phenoxy) is 1. The molecule has 0 amide bonds. The topological polar surface area (TPSA) is 108 Å². The van der Waals surface area contributed by atoms with Crippen molar-refractivity contribution in [1.29, 1.82) is 0 Å². The molecule has 1 aliphatic rings. The van der Waals surface area contributed by atoms with Gasteiger partial charge in [-0.05, 0) is 60.7 Å². The SMILES string of the molecule is O=S(=O)(OCC1(COS(=O)(=O)c2ccc(Cl)cc2)COC(c2ccccc2)=N1)c1ccc(Cl)cc1. The Labute approximate surface area is 213 Å². The van der Waals surface area contributed by atoms with Crippen molar-refractivity contribution in [2.24, 2.45) is 4.99 Å². The van der Waals surface area contributed by atoms with Gasteiger partial charge >= 0.3 is 0 Å². The van der Waals surface area contributed by atoms with Gasteiger partial charge in [0.25, 0.3) is 20.2 Å². The van der Waals surface area contributed by atoms with Gasteiger partial charge in [-0.25, -0.2) is 4.99 Å². The third-order valence-electron chi connectivity index (χ3n) is 5.01. The van der Waals surface area contributed by atoms with Crippen molar-refractivity contribution in [3.8, 4) is 0 Å². The number of benzene rings is 3. The maximum Gasteiger partial charge on any atom is 0.297 e. The summed E-state index contributed by atoms with van der Waals surface area (Å²) in [5.74, 6) is 0.214. The van der Waals surface area contributed by atoms with Gasteiger partial charge in [0.15, 0.2) is 0 Å². The van der Waals surface area contributed by atoms with Gasteiger partial charge in [-0.3, -0.25) is 8.37 Å². The quantitative estimate of drug-likeness (QED) is 0.361. The van der Waals surface area contributed by atoms with Gasteiger partial charge < -0.3 is 4.74 Å². The lowest BCUT2D eigenvalue weighted by molar-refractivity contribution is 0.124. The predicted octanol–water partition coefficient (Wildman–Crippen LogP) is 4.32. The van der Waals surface area contributed by atoms with Crippen LogP contribution in [0.4, 0.5) is 0 Å². The monoisotopic (exact) mass is 555 g/mol. The normalized spacial score (nSPS) is 15.4. The zero-order chi connectivity index (χ0) is 25.1. The molecule has 12 heteroatoms. The van der Waals surface area contributed by atoms with Gasteiger partial charge in [-0.2, -0.15) is 16.8 Å². The fourth-order valence-corrected chi connectivity index (χ4v) is 5.33. The Morgan fingerprint density at radius 2 is 1.20 bits per heavy atom. The van der Waals surface area contributed by atoms with Gasteiger partial charge in [0.1, 0.15) is 12.1 Å². The van der Waals surface area contributed by atoms with Crippen molar-refractivity contribution in [3.05, 3.63) is 94.5 Å². The van der Waals surface area contributed by atoms with Crippen LogP contribution in [0.5, 0.6) is 0 Å². The first-order valence-electron chi connectivity index (χ1n) is 10.2. The molecule has 0 fully saturated rings. The van der Waals surface area contributed by atoms with E-state index in [1.165, 1.54) is 48.5 Å². The second kappa shape index (κ2) is 10.3. The highest BCUT2D eigenvalue weighted by Crippen LogP contribution is 2.27. The molecular formula is C23H19Cl2NO7S2. The summed E-state index contributed by atoms with van der Waals surface area (Å²) < 4.78 is 67.1. The van der Waals surface area contributed by atoms with Crippen LogP contribution in [0.15, 0.2) is 93.6 Å². The molecule has 0 unspecified atom stereocenters. The van der Waals surface area contributed by atoms with E-state index >= 15 is 0 Å². The Morgan fingerprint density at radius 1 is 0.743 bits per heavy atom. The average molecular weight is 556 g/mol. The third-order valence-corrected chi connectivity index (χ3v) is 8.07. The highest BCUT2D eigenvalue weighted by Gasteiger charge is 2.41. The minimum atomic E-state index is -4.20. The number of nitrogens with zero attached hydrogens (tertiary/aromatic N) is 1. The number of halogens is 2. The summed E-state index contributed by atoms with van der Waals surface area (Å²) in [6.07, 6.45) is 0. The summed E-state index contributed by atoms with van der Waals surface area (Å²) in [6.45, 7) is -1.21. The predicted molar refractivity (Wildman–Crippen MR) is 131 cm³/mol. The third kappa shape index (κ3) is 6.21. The fraction of sp³-hybridized carbons (Fsp3) is 0.174. The van der Waals surface area contributed by atoms with Crippen molar-refractivity contribution in [2.45, 2.75) is 15.3 Å². The zero-order valence-corrected chi connectivity index (χ0v) is 21.1. The van der Waals surface area contributed by atoms with Crippen LogP contribution >= 0.6 is 23.2 Å². The summed E-state index contributed by atoms with van der Waals surface area (Å²) in [5.41, 5.74) is -0.819. The summed E-state index contributed by atoms with van der Waals surface area (Å²) in [4.78, 5) is 4.26.